The lowest BCUT2D eigenvalue weighted by Crippen LogP contribution is -2.41. The Morgan fingerprint density at radius 3 is 1.71 bits per heavy atom. The molecule has 0 fully saturated rings. The van der Waals surface area contributed by atoms with E-state index in [1.54, 1.807) is 0 Å². The van der Waals surface area contributed by atoms with E-state index >= 15 is 0 Å². The summed E-state index contributed by atoms with van der Waals surface area (Å²) in [5.41, 5.74) is 0. The summed E-state index contributed by atoms with van der Waals surface area (Å²) < 4.78 is 11.1. The molecule has 0 aromatic rings. The van der Waals surface area contributed by atoms with Gasteiger partial charge in [-0.1, -0.05) is 0 Å². The van der Waals surface area contributed by atoms with Crippen molar-refractivity contribution < 1.29 is 44.1 Å². The molecule has 0 amide bonds. The van der Waals surface area contributed by atoms with Gasteiger partial charge in [0.05, 0.1) is 6.42 Å². The molecule has 9 nitrogen and oxygen atoms in total. The Bertz CT molecular complexity index is 383. The Hall–Kier alpha value is -1.44. The summed E-state index contributed by atoms with van der Waals surface area (Å²) in [6.45, 7) is 0. The van der Waals surface area contributed by atoms with Gasteiger partial charge in [0.2, 0.25) is 0 Å². The van der Waals surface area contributed by atoms with Gasteiger partial charge in [-0.25, -0.2) is 0 Å². The van der Waals surface area contributed by atoms with Crippen LogP contribution in [0.1, 0.15) is 19.3 Å². The van der Waals surface area contributed by atoms with Gasteiger partial charge in [-0.3, -0.25) is 18.9 Å². The third-order valence-corrected chi connectivity index (χ3v) is 3.84. The molecule has 0 rings (SSSR count). The molecule has 0 aromatic carbocycles. The number of aliphatic carboxylic acids is 3. The maximum Gasteiger partial charge on any atom is 0.343 e. The van der Waals surface area contributed by atoms with E-state index < -0.39 is 49.9 Å². The molecule has 0 aromatic heterocycles. The fourth-order valence-corrected chi connectivity index (χ4v) is 2.20. The Morgan fingerprint density at radius 2 is 1.47 bits per heavy atom. The first kappa shape index (κ1) is 15.6. The average molecular weight is 270 g/mol. The molecule has 0 saturated carbocycles. The summed E-state index contributed by atoms with van der Waals surface area (Å²) in [6, 6.07) is 0. The number of hydrogen-bond acceptors (Lipinski definition) is 4. The van der Waals surface area contributed by atoms with E-state index in [-0.39, 0.29) is 0 Å². The Labute approximate surface area is 94.8 Å². The minimum Gasteiger partial charge on any atom is -0.481 e. The van der Waals surface area contributed by atoms with Crippen molar-refractivity contribution in [2.24, 2.45) is 0 Å². The second-order valence-corrected chi connectivity index (χ2v) is 5.29. The zero-order valence-corrected chi connectivity index (χ0v) is 9.33. The van der Waals surface area contributed by atoms with Crippen LogP contribution in [-0.4, -0.2) is 48.2 Å². The molecular formula is C7H11O9P. The average Bonchev–Trinajstić information content (AvgIpc) is 2.08. The van der Waals surface area contributed by atoms with Crippen molar-refractivity contribution in [3.8, 4) is 0 Å². The highest BCUT2D eigenvalue weighted by Gasteiger charge is 2.55. The molecule has 17 heavy (non-hydrogen) atoms. The minimum atomic E-state index is -5.32. The first-order valence-corrected chi connectivity index (χ1v) is 5.87. The molecule has 1 atom stereocenters. The van der Waals surface area contributed by atoms with Gasteiger partial charge < -0.3 is 25.1 Å². The van der Waals surface area contributed by atoms with Crippen molar-refractivity contribution >= 4 is 25.5 Å². The van der Waals surface area contributed by atoms with Gasteiger partial charge in [0.25, 0.3) is 0 Å². The second-order valence-electron chi connectivity index (χ2n) is 3.35. The zero-order chi connectivity index (χ0) is 13.9. The molecule has 98 valence electrons. The van der Waals surface area contributed by atoms with E-state index in [1.807, 2.05) is 0 Å². The Morgan fingerprint density at radius 1 is 1.00 bits per heavy atom. The lowest BCUT2D eigenvalue weighted by atomic mass is 9.98. The van der Waals surface area contributed by atoms with Crippen LogP contribution in [0.25, 0.3) is 0 Å². The predicted molar refractivity (Wildman–Crippen MR) is 51.5 cm³/mol. The fraction of sp³-hybridized carbons (Fsp3) is 0.571. The highest BCUT2D eigenvalue weighted by molar-refractivity contribution is 7.54. The molecule has 5 N–H and O–H groups in total. The van der Waals surface area contributed by atoms with E-state index in [0.29, 0.717) is 0 Å². The van der Waals surface area contributed by atoms with Crippen molar-refractivity contribution in [2.45, 2.75) is 24.4 Å². The molecule has 1 unspecified atom stereocenters. The Kier molecular flexibility index (Phi) is 4.81. The smallest absolute Gasteiger partial charge is 0.343 e. The van der Waals surface area contributed by atoms with Crippen LogP contribution in [0.4, 0.5) is 0 Å². The van der Waals surface area contributed by atoms with E-state index in [0.717, 1.165) is 0 Å². The standard InChI is InChI=1S/C7H11O9P/c8-4(9)1-2-7(6(12)13,3-5(10)11)17(14,15)16/h1-3H2,(H,8,9)(H,10,11)(H,12,13)(H2,14,15,16). The molecule has 0 radical (unpaired) electrons. The number of carbonyl (C=O) groups is 3. The van der Waals surface area contributed by atoms with Gasteiger partial charge in [-0.05, 0) is 6.42 Å². The topological polar surface area (TPSA) is 169 Å². The van der Waals surface area contributed by atoms with Crippen LogP contribution in [0.2, 0.25) is 0 Å². The van der Waals surface area contributed by atoms with E-state index in [2.05, 4.69) is 0 Å². The predicted octanol–water partition coefficient (Wildman–Crippen LogP) is -0.673. The maximum atomic E-state index is 11.1. The molecule has 0 aliphatic carbocycles. The summed E-state index contributed by atoms with van der Waals surface area (Å²) in [6.07, 6.45) is -3.17. The fourth-order valence-electron chi connectivity index (χ4n) is 1.21. The third kappa shape index (κ3) is 3.81. The quantitative estimate of drug-likeness (QED) is 0.376. The van der Waals surface area contributed by atoms with Crippen LogP contribution in [0.15, 0.2) is 0 Å². The largest absolute Gasteiger partial charge is 0.481 e. The summed E-state index contributed by atoms with van der Waals surface area (Å²) in [5, 5.41) is 22.7. The zero-order valence-electron chi connectivity index (χ0n) is 8.44. The van der Waals surface area contributed by atoms with Crippen molar-refractivity contribution in [2.75, 3.05) is 0 Å². The molecule has 0 bridgehead atoms. The minimum absolute atomic E-state index is 0.856. The first-order chi connectivity index (χ1) is 7.53. The normalized spacial score (nSPS) is 14.9. The summed E-state index contributed by atoms with van der Waals surface area (Å²) in [5.74, 6) is -5.25. The third-order valence-electron chi connectivity index (χ3n) is 2.15. The highest BCUT2D eigenvalue weighted by Crippen LogP contribution is 2.55. The SMILES string of the molecule is O=C(O)CCC(CC(=O)O)(C(=O)O)P(=O)(O)O. The van der Waals surface area contributed by atoms with Gasteiger partial charge in [0.1, 0.15) is 0 Å². The number of hydrogen-bond donors (Lipinski definition) is 5. The molecule has 0 saturated heterocycles. The van der Waals surface area contributed by atoms with E-state index in [4.69, 9.17) is 25.1 Å². The number of carboxylic acid groups (broad SMARTS) is 3. The van der Waals surface area contributed by atoms with Crippen LogP contribution >= 0.6 is 7.60 Å². The van der Waals surface area contributed by atoms with Gasteiger partial charge >= 0.3 is 25.5 Å². The summed E-state index contributed by atoms with van der Waals surface area (Å²) >= 11 is 0. The van der Waals surface area contributed by atoms with Crippen LogP contribution in [0, 0.1) is 0 Å². The molecule has 0 aliphatic heterocycles. The monoisotopic (exact) mass is 270 g/mol. The lowest BCUT2D eigenvalue weighted by Gasteiger charge is -2.27. The van der Waals surface area contributed by atoms with Crippen LogP contribution in [0.3, 0.4) is 0 Å². The van der Waals surface area contributed by atoms with Crippen molar-refractivity contribution in [1.82, 2.24) is 0 Å². The van der Waals surface area contributed by atoms with E-state index in [1.165, 1.54) is 0 Å². The molecule has 0 heterocycles. The van der Waals surface area contributed by atoms with Crippen molar-refractivity contribution in [3.05, 3.63) is 0 Å². The van der Waals surface area contributed by atoms with Gasteiger partial charge in [-0.2, -0.15) is 0 Å². The molecule has 0 aliphatic rings. The van der Waals surface area contributed by atoms with Gasteiger partial charge in [0, 0.05) is 6.42 Å². The molecule has 10 heteroatoms. The highest BCUT2D eigenvalue weighted by atomic mass is 31.2. The van der Waals surface area contributed by atoms with Crippen LogP contribution in [-0.2, 0) is 18.9 Å². The van der Waals surface area contributed by atoms with E-state index in [9.17, 15) is 18.9 Å². The van der Waals surface area contributed by atoms with Crippen LogP contribution < -0.4 is 0 Å². The second kappa shape index (κ2) is 5.26. The maximum absolute atomic E-state index is 11.1. The van der Waals surface area contributed by atoms with Crippen molar-refractivity contribution in [1.29, 1.82) is 0 Å². The lowest BCUT2D eigenvalue weighted by molar-refractivity contribution is -0.148. The molecule has 0 spiro atoms. The van der Waals surface area contributed by atoms with Gasteiger partial charge in [-0.15, -0.1) is 0 Å². The van der Waals surface area contributed by atoms with Crippen molar-refractivity contribution in [3.63, 3.8) is 0 Å². The number of carboxylic acids is 3. The number of rotatable bonds is 7. The summed E-state index contributed by atoms with van der Waals surface area (Å²) in [7, 11) is -5.32. The Balaban J connectivity index is 5.41. The first-order valence-electron chi connectivity index (χ1n) is 4.25. The van der Waals surface area contributed by atoms with Gasteiger partial charge in [0.15, 0.2) is 5.16 Å². The molecular weight excluding hydrogens is 259 g/mol. The summed E-state index contributed by atoms with van der Waals surface area (Å²) in [4.78, 5) is 49.5. The van der Waals surface area contributed by atoms with Crippen LogP contribution in [0.5, 0.6) is 0 Å².